The lowest BCUT2D eigenvalue weighted by molar-refractivity contribution is -0.126. The van der Waals surface area contributed by atoms with Crippen molar-refractivity contribution < 1.29 is 28.8 Å². The Morgan fingerprint density at radius 1 is 0.397 bits per heavy atom. The maximum Gasteiger partial charge on any atom is 0.268 e. The zero-order valence-electron chi connectivity index (χ0n) is 39.7. The molecule has 0 aromatic heterocycles. The monoisotopic (exact) mass is 857 g/mol. The minimum atomic E-state index is -0.568. The highest BCUT2D eigenvalue weighted by Gasteiger charge is 2.40. The van der Waals surface area contributed by atoms with Gasteiger partial charge in [-0.25, -0.2) is 9.80 Å². The molecule has 2 aliphatic rings. The van der Waals surface area contributed by atoms with Crippen LogP contribution in [0, 0.1) is 0 Å². The lowest BCUT2D eigenvalue weighted by Gasteiger charge is -2.30. The van der Waals surface area contributed by atoms with Gasteiger partial charge in [0.15, 0.2) is 0 Å². The van der Waals surface area contributed by atoms with Crippen LogP contribution >= 0.6 is 0 Å². The number of hydrogen-bond acceptors (Lipinski definition) is 8. The molecule has 2 N–H and O–H groups in total. The van der Waals surface area contributed by atoms with E-state index >= 15 is 0 Å². The van der Waals surface area contributed by atoms with Crippen LogP contribution in [0.15, 0.2) is 48.5 Å². The van der Waals surface area contributed by atoms with Gasteiger partial charge in [0.1, 0.15) is 0 Å². The lowest BCUT2D eigenvalue weighted by Crippen LogP contribution is -2.48. The predicted octanol–water partition coefficient (Wildman–Crippen LogP) is 10.0. The van der Waals surface area contributed by atoms with Crippen molar-refractivity contribution in [1.82, 2.24) is 20.4 Å². The summed E-state index contributed by atoms with van der Waals surface area (Å²) in [6.07, 6.45) is 6.75. The third kappa shape index (κ3) is 10.0. The number of imide groups is 6. The first kappa shape index (κ1) is 47.4. The molecule has 0 saturated carbocycles. The number of hydrogen-bond donors (Lipinski definition) is 2. The molecule has 4 aromatic carbocycles. The number of rotatable bonds is 14. The van der Waals surface area contributed by atoms with Crippen LogP contribution in [0.2, 0.25) is 0 Å². The normalized spacial score (nSPS) is 14.7. The molecule has 0 spiro atoms. The number of benzene rings is 4. The Balaban J connectivity index is 0.920. The molecular formula is C53H68N4O6. The van der Waals surface area contributed by atoms with Crippen LogP contribution in [0.4, 0.5) is 0 Å². The van der Waals surface area contributed by atoms with E-state index in [9.17, 15) is 28.8 Å². The van der Waals surface area contributed by atoms with E-state index in [2.05, 4.69) is 118 Å². The van der Waals surface area contributed by atoms with Gasteiger partial charge in [0.25, 0.3) is 35.4 Å². The summed E-state index contributed by atoms with van der Waals surface area (Å²) >= 11 is 0. The molecule has 2 heterocycles. The molecule has 4 aromatic rings. The molecule has 10 nitrogen and oxygen atoms in total. The smallest absolute Gasteiger partial charge is 0.268 e. The Morgan fingerprint density at radius 3 is 0.873 bits per heavy atom. The molecular weight excluding hydrogens is 789 g/mol. The zero-order chi connectivity index (χ0) is 46.4. The SMILES string of the molecule is CC(C)(C)c1cc2c3c(cc(C(C)(C)C)cc3c1)C(=O)N(C(=O)CNCCCCCCCCCNCC(=O)N1C(=O)c3cc(C(C)(C)C)cc4cc(C(C)(C)C)cc(c34)C1=O)C2=O. The standard InChI is InChI=1S/C53H68N4O6/c1-50(2,3)34-22-32-23-35(51(4,5)6)27-39-44(32)38(26-34)46(60)56(47(39)61)42(58)30-54-20-18-16-14-13-15-17-19-21-55-31-43(59)57-48(62)40-28-36(52(7,8)9)24-33-25-37(53(10,11)12)29-41(45(33)40)49(57)63/h22-29,54-55H,13-21,30-31H2,1-12H3. The molecule has 0 saturated heterocycles. The highest BCUT2D eigenvalue weighted by molar-refractivity contribution is 6.32. The molecule has 0 radical (unpaired) electrons. The van der Waals surface area contributed by atoms with E-state index in [1.165, 1.54) is 0 Å². The lowest BCUT2D eigenvalue weighted by atomic mass is 9.79. The van der Waals surface area contributed by atoms with Gasteiger partial charge in [0, 0.05) is 33.0 Å². The van der Waals surface area contributed by atoms with Crippen molar-refractivity contribution in [2.24, 2.45) is 0 Å². The van der Waals surface area contributed by atoms with Gasteiger partial charge in [0.2, 0.25) is 0 Å². The summed E-state index contributed by atoms with van der Waals surface area (Å²) in [4.78, 5) is 83.8. The minimum absolute atomic E-state index is 0.108. The molecule has 0 bridgehead atoms. The first-order valence-electron chi connectivity index (χ1n) is 22.8. The zero-order valence-corrected chi connectivity index (χ0v) is 39.7. The molecule has 0 fully saturated rings. The second kappa shape index (κ2) is 17.8. The van der Waals surface area contributed by atoms with Crippen LogP contribution in [0.1, 0.15) is 192 Å². The van der Waals surface area contributed by atoms with Gasteiger partial charge in [-0.2, -0.15) is 0 Å². The van der Waals surface area contributed by atoms with Crippen LogP contribution in [-0.4, -0.2) is 71.4 Å². The minimum Gasteiger partial charge on any atom is -0.308 e. The van der Waals surface area contributed by atoms with E-state index in [4.69, 9.17) is 0 Å². The van der Waals surface area contributed by atoms with Gasteiger partial charge >= 0.3 is 0 Å². The highest BCUT2D eigenvalue weighted by Crippen LogP contribution is 2.40. The van der Waals surface area contributed by atoms with E-state index in [1.807, 2.05) is 24.3 Å². The molecule has 0 unspecified atom stereocenters. The topological polar surface area (TPSA) is 133 Å². The van der Waals surface area contributed by atoms with Gasteiger partial charge in [-0.05, 0) is 105 Å². The summed E-state index contributed by atoms with van der Waals surface area (Å²) in [7, 11) is 0. The average molecular weight is 857 g/mol. The summed E-state index contributed by atoms with van der Waals surface area (Å²) in [6, 6.07) is 15.6. The Bertz CT molecular complexity index is 2200. The van der Waals surface area contributed by atoms with Crippen molar-refractivity contribution >= 4 is 57.0 Å². The molecule has 2 aliphatic heterocycles. The number of nitrogens with zero attached hydrogens (tertiary/aromatic N) is 2. The van der Waals surface area contributed by atoms with Crippen LogP contribution in [0.25, 0.3) is 21.5 Å². The highest BCUT2D eigenvalue weighted by atomic mass is 16.2. The fraction of sp³-hybridized carbons (Fsp3) is 0.509. The third-order valence-electron chi connectivity index (χ3n) is 12.6. The molecule has 6 rings (SSSR count). The summed E-state index contributed by atoms with van der Waals surface area (Å²) < 4.78 is 0. The summed E-state index contributed by atoms with van der Waals surface area (Å²) in [5.41, 5.74) is 4.52. The summed E-state index contributed by atoms with van der Waals surface area (Å²) in [5, 5.41) is 9.24. The molecule has 0 aliphatic carbocycles. The first-order valence-corrected chi connectivity index (χ1v) is 22.8. The summed E-state index contributed by atoms with van der Waals surface area (Å²) in [5.74, 6) is -3.38. The van der Waals surface area contributed by atoms with Crippen molar-refractivity contribution in [2.45, 2.75) is 150 Å². The van der Waals surface area contributed by atoms with Crippen molar-refractivity contribution in [3.8, 4) is 0 Å². The Hall–Kier alpha value is -5.06. The third-order valence-corrected chi connectivity index (χ3v) is 12.6. The fourth-order valence-corrected chi connectivity index (χ4v) is 8.49. The van der Waals surface area contributed by atoms with Crippen molar-refractivity contribution in [3.63, 3.8) is 0 Å². The van der Waals surface area contributed by atoms with Gasteiger partial charge in [-0.3, -0.25) is 28.8 Å². The van der Waals surface area contributed by atoms with E-state index < -0.39 is 35.4 Å². The van der Waals surface area contributed by atoms with E-state index in [1.54, 1.807) is 0 Å². The van der Waals surface area contributed by atoms with Crippen LogP contribution in [0.3, 0.4) is 0 Å². The van der Waals surface area contributed by atoms with E-state index in [0.29, 0.717) is 46.1 Å². The molecule has 336 valence electrons. The maximum absolute atomic E-state index is 13.8. The molecule has 63 heavy (non-hydrogen) atoms. The number of carbonyl (C=O) groups excluding carboxylic acids is 6. The van der Waals surface area contributed by atoms with Crippen molar-refractivity contribution in [3.05, 3.63) is 93.0 Å². The molecule has 0 atom stereocenters. The first-order chi connectivity index (χ1) is 29.3. The van der Waals surface area contributed by atoms with E-state index in [0.717, 1.165) is 87.8 Å². The van der Waals surface area contributed by atoms with Crippen LogP contribution in [-0.2, 0) is 31.2 Å². The number of unbranched alkanes of at least 4 members (excludes halogenated alkanes) is 6. The predicted molar refractivity (Wildman–Crippen MR) is 252 cm³/mol. The van der Waals surface area contributed by atoms with Crippen LogP contribution < -0.4 is 10.6 Å². The molecule has 6 amide bonds. The maximum atomic E-state index is 13.8. The van der Waals surface area contributed by atoms with Crippen molar-refractivity contribution in [2.75, 3.05) is 26.2 Å². The number of nitrogens with one attached hydrogen (secondary N) is 2. The molecule has 10 heteroatoms. The number of carbonyl (C=O) groups is 6. The number of amides is 6. The van der Waals surface area contributed by atoms with Crippen molar-refractivity contribution in [1.29, 1.82) is 0 Å². The van der Waals surface area contributed by atoms with Gasteiger partial charge in [-0.1, -0.05) is 139 Å². The Morgan fingerprint density at radius 2 is 0.635 bits per heavy atom. The second-order valence-corrected chi connectivity index (χ2v) is 21.8. The van der Waals surface area contributed by atoms with Gasteiger partial charge in [0.05, 0.1) is 13.1 Å². The van der Waals surface area contributed by atoms with E-state index in [-0.39, 0.29) is 34.7 Å². The average Bonchev–Trinajstić information content (AvgIpc) is 3.18. The Labute approximate surface area is 373 Å². The summed E-state index contributed by atoms with van der Waals surface area (Å²) in [6.45, 7) is 26.0. The van der Waals surface area contributed by atoms with Gasteiger partial charge in [-0.15, -0.1) is 0 Å². The quantitative estimate of drug-likeness (QED) is 0.0947. The van der Waals surface area contributed by atoms with Crippen LogP contribution in [0.5, 0.6) is 0 Å². The largest absolute Gasteiger partial charge is 0.308 e. The Kier molecular flexibility index (Phi) is 13.4. The van der Waals surface area contributed by atoms with Gasteiger partial charge < -0.3 is 10.6 Å². The second-order valence-electron chi connectivity index (χ2n) is 21.8. The fourth-order valence-electron chi connectivity index (χ4n) is 8.49.